The van der Waals surface area contributed by atoms with Crippen molar-refractivity contribution < 1.29 is 30.8 Å². The second-order valence-electron chi connectivity index (χ2n) is 6.97. The molecular formula is C17H18F3N3O4S. The van der Waals surface area contributed by atoms with Gasteiger partial charge in [-0.3, -0.25) is 0 Å². The molecule has 1 aromatic heterocycles. The molecule has 2 saturated heterocycles. The van der Waals surface area contributed by atoms with E-state index < -0.39 is 38.8 Å². The van der Waals surface area contributed by atoms with Crippen LogP contribution in [0.4, 0.5) is 13.2 Å². The maximum absolute atomic E-state index is 15.4. The highest BCUT2D eigenvalue weighted by molar-refractivity contribution is 7.89. The van der Waals surface area contributed by atoms with Crippen LogP contribution in [-0.4, -0.2) is 49.2 Å². The normalized spacial score (nSPS) is 24.7. The zero-order chi connectivity index (χ0) is 19.9. The summed E-state index contributed by atoms with van der Waals surface area (Å²) in [5.41, 5.74) is -2.14. The largest absolute Gasteiger partial charge is 0.381 e. The Labute approximate surface area is 159 Å². The molecule has 0 aliphatic carbocycles. The summed E-state index contributed by atoms with van der Waals surface area (Å²) in [6.07, 6.45) is 1.23. The Balaban J connectivity index is 1.54. The number of alkyl halides is 1. The van der Waals surface area contributed by atoms with Gasteiger partial charge in [-0.15, -0.1) is 0 Å². The number of halogens is 3. The van der Waals surface area contributed by atoms with Crippen LogP contribution in [0.2, 0.25) is 0 Å². The van der Waals surface area contributed by atoms with Gasteiger partial charge in [0.1, 0.15) is 0 Å². The van der Waals surface area contributed by atoms with E-state index in [1.54, 1.807) is 0 Å². The van der Waals surface area contributed by atoms with Crippen LogP contribution >= 0.6 is 0 Å². The number of rotatable bonds is 4. The highest BCUT2D eigenvalue weighted by Gasteiger charge is 2.49. The summed E-state index contributed by atoms with van der Waals surface area (Å²) in [6.45, 7) is 0.446. The molecule has 0 bridgehead atoms. The third-order valence-corrected chi connectivity index (χ3v) is 6.97. The summed E-state index contributed by atoms with van der Waals surface area (Å²) >= 11 is 0. The average molecular weight is 417 g/mol. The molecule has 11 heteroatoms. The van der Waals surface area contributed by atoms with Crippen LogP contribution in [0.3, 0.4) is 0 Å². The number of aromatic nitrogens is 2. The van der Waals surface area contributed by atoms with Gasteiger partial charge in [0.15, 0.2) is 17.5 Å². The average Bonchev–Trinajstić information content (AvgIpc) is 3.33. The summed E-state index contributed by atoms with van der Waals surface area (Å²) in [6, 6.07) is 2.25. The SMILES string of the molecule is O=S(=O)(c1ccc(F)c(F)c1)N1CCC(F)(c2nc(C3CCOCC3)no2)C1. The van der Waals surface area contributed by atoms with Crippen molar-refractivity contribution in [3.8, 4) is 0 Å². The van der Waals surface area contributed by atoms with E-state index in [2.05, 4.69) is 10.1 Å². The number of hydrogen-bond acceptors (Lipinski definition) is 6. The predicted molar refractivity (Wildman–Crippen MR) is 89.6 cm³/mol. The van der Waals surface area contributed by atoms with E-state index in [4.69, 9.17) is 9.26 Å². The quantitative estimate of drug-likeness (QED) is 0.760. The molecule has 3 heterocycles. The molecule has 0 radical (unpaired) electrons. The number of benzene rings is 1. The molecule has 1 unspecified atom stereocenters. The first-order chi connectivity index (χ1) is 13.3. The third kappa shape index (κ3) is 3.42. The Morgan fingerprint density at radius 3 is 2.64 bits per heavy atom. The Morgan fingerprint density at radius 2 is 1.93 bits per heavy atom. The van der Waals surface area contributed by atoms with E-state index in [9.17, 15) is 17.2 Å². The van der Waals surface area contributed by atoms with Crippen molar-refractivity contribution in [3.63, 3.8) is 0 Å². The molecule has 28 heavy (non-hydrogen) atoms. The van der Waals surface area contributed by atoms with Crippen LogP contribution in [0.5, 0.6) is 0 Å². The van der Waals surface area contributed by atoms with Crippen LogP contribution in [0.25, 0.3) is 0 Å². The number of ether oxygens (including phenoxy) is 1. The highest BCUT2D eigenvalue weighted by Crippen LogP contribution is 2.38. The standard InChI is InChI=1S/C17H18F3N3O4S/c18-13-2-1-12(9-14(13)19)28(24,25)23-6-5-17(20,10-23)16-21-15(22-27-16)11-3-7-26-8-4-11/h1-2,9,11H,3-8,10H2. The lowest BCUT2D eigenvalue weighted by Crippen LogP contribution is -2.32. The first-order valence-electron chi connectivity index (χ1n) is 8.85. The van der Waals surface area contributed by atoms with Crippen molar-refractivity contribution >= 4 is 10.0 Å². The second kappa shape index (κ2) is 7.12. The van der Waals surface area contributed by atoms with Gasteiger partial charge in [0.2, 0.25) is 15.7 Å². The minimum absolute atomic E-state index is 0.0123. The van der Waals surface area contributed by atoms with Crippen molar-refractivity contribution in [2.45, 2.75) is 35.7 Å². The van der Waals surface area contributed by atoms with Crippen LogP contribution in [-0.2, 0) is 20.4 Å². The van der Waals surface area contributed by atoms with Crippen LogP contribution in [0, 0.1) is 11.6 Å². The topological polar surface area (TPSA) is 85.5 Å². The van der Waals surface area contributed by atoms with Crippen LogP contribution < -0.4 is 0 Å². The van der Waals surface area contributed by atoms with Gasteiger partial charge >= 0.3 is 0 Å². The molecule has 7 nitrogen and oxygen atoms in total. The third-order valence-electron chi connectivity index (χ3n) is 5.12. The Kier molecular flexibility index (Phi) is 4.92. The van der Waals surface area contributed by atoms with Gasteiger partial charge in [-0.2, -0.15) is 9.29 Å². The summed E-state index contributed by atoms with van der Waals surface area (Å²) < 4.78 is 78.5. The molecular weight excluding hydrogens is 399 g/mol. The number of hydrogen-bond donors (Lipinski definition) is 0. The van der Waals surface area contributed by atoms with E-state index >= 15 is 4.39 Å². The van der Waals surface area contributed by atoms with Gasteiger partial charge in [0, 0.05) is 32.1 Å². The fraction of sp³-hybridized carbons (Fsp3) is 0.529. The zero-order valence-corrected chi connectivity index (χ0v) is 15.6. The molecule has 2 aromatic rings. The highest BCUT2D eigenvalue weighted by atomic mass is 32.2. The molecule has 2 fully saturated rings. The number of nitrogens with zero attached hydrogens (tertiary/aromatic N) is 3. The van der Waals surface area contributed by atoms with Gasteiger partial charge in [-0.05, 0) is 31.0 Å². The van der Waals surface area contributed by atoms with Gasteiger partial charge in [-0.25, -0.2) is 21.6 Å². The van der Waals surface area contributed by atoms with Crippen molar-refractivity contribution in [2.24, 2.45) is 0 Å². The van der Waals surface area contributed by atoms with Crippen LogP contribution in [0.1, 0.15) is 36.9 Å². The first kappa shape index (κ1) is 19.3. The van der Waals surface area contributed by atoms with Gasteiger partial charge in [-0.1, -0.05) is 5.16 Å². The maximum atomic E-state index is 15.4. The van der Waals surface area contributed by atoms with E-state index in [0.29, 0.717) is 37.9 Å². The fourth-order valence-electron chi connectivity index (χ4n) is 3.44. The molecule has 1 atom stereocenters. The van der Waals surface area contributed by atoms with Crippen molar-refractivity contribution in [3.05, 3.63) is 41.5 Å². The Hall–Kier alpha value is -1.98. The van der Waals surface area contributed by atoms with Gasteiger partial charge < -0.3 is 9.26 Å². The van der Waals surface area contributed by atoms with E-state index in [1.165, 1.54) is 0 Å². The summed E-state index contributed by atoms with van der Waals surface area (Å²) in [5, 5.41) is 3.86. The van der Waals surface area contributed by atoms with Crippen molar-refractivity contribution in [1.82, 2.24) is 14.4 Å². The molecule has 2 aliphatic rings. The molecule has 0 saturated carbocycles. The molecule has 1 aromatic carbocycles. The predicted octanol–water partition coefficient (Wildman–Crippen LogP) is 2.50. The van der Waals surface area contributed by atoms with E-state index in [-0.39, 0.29) is 24.8 Å². The van der Waals surface area contributed by atoms with E-state index in [1.807, 2.05) is 0 Å². The lowest BCUT2D eigenvalue weighted by Gasteiger charge is -2.19. The molecule has 0 N–H and O–H groups in total. The Bertz CT molecular complexity index is 978. The maximum Gasteiger partial charge on any atom is 0.265 e. The van der Waals surface area contributed by atoms with Gasteiger partial charge in [0.25, 0.3) is 5.89 Å². The molecule has 152 valence electrons. The minimum atomic E-state index is -4.19. The Morgan fingerprint density at radius 1 is 1.18 bits per heavy atom. The first-order valence-corrected chi connectivity index (χ1v) is 10.3. The van der Waals surface area contributed by atoms with Gasteiger partial charge in [0.05, 0.1) is 11.4 Å². The lowest BCUT2D eigenvalue weighted by atomic mass is 9.99. The molecule has 0 amide bonds. The molecule has 4 rings (SSSR count). The minimum Gasteiger partial charge on any atom is -0.381 e. The summed E-state index contributed by atoms with van der Waals surface area (Å²) in [4.78, 5) is 3.72. The lowest BCUT2D eigenvalue weighted by molar-refractivity contribution is 0.0830. The number of sulfonamides is 1. The molecule has 0 spiro atoms. The van der Waals surface area contributed by atoms with Crippen molar-refractivity contribution in [2.75, 3.05) is 26.3 Å². The smallest absolute Gasteiger partial charge is 0.265 e. The van der Waals surface area contributed by atoms with Crippen molar-refractivity contribution in [1.29, 1.82) is 0 Å². The van der Waals surface area contributed by atoms with Crippen LogP contribution in [0.15, 0.2) is 27.6 Å². The zero-order valence-electron chi connectivity index (χ0n) is 14.8. The second-order valence-corrected chi connectivity index (χ2v) is 8.91. The monoisotopic (exact) mass is 417 g/mol. The molecule has 2 aliphatic heterocycles. The summed E-state index contributed by atoms with van der Waals surface area (Å²) in [5.74, 6) is -2.32. The summed E-state index contributed by atoms with van der Waals surface area (Å²) in [7, 11) is -4.19. The van der Waals surface area contributed by atoms with E-state index in [0.717, 1.165) is 16.4 Å². The fourth-order valence-corrected chi connectivity index (χ4v) is 4.94.